The maximum Gasteiger partial charge on any atom is 0.376 e. The van der Waals surface area contributed by atoms with Crippen LogP contribution in [0.2, 0.25) is 0 Å². The van der Waals surface area contributed by atoms with Gasteiger partial charge in [0.2, 0.25) is 0 Å². The number of hydrogen-bond acceptors (Lipinski definition) is 8. The van der Waals surface area contributed by atoms with Crippen molar-refractivity contribution in [3.05, 3.63) is 0 Å². The lowest BCUT2D eigenvalue weighted by Crippen LogP contribution is -2.43. The minimum atomic E-state index is -3.74. The van der Waals surface area contributed by atoms with Gasteiger partial charge in [-0.15, -0.1) is 0 Å². The van der Waals surface area contributed by atoms with Crippen LogP contribution in [-0.4, -0.2) is 61.1 Å². The van der Waals surface area contributed by atoms with E-state index in [9.17, 15) is 36.7 Å². The van der Waals surface area contributed by atoms with Crippen molar-refractivity contribution in [1.82, 2.24) is 0 Å². The average molecular weight is 541 g/mol. The first-order chi connectivity index (χ1) is 16.9. The molecular formula is C25H36F4O8. The lowest BCUT2D eigenvalue weighted by atomic mass is 9.79. The van der Waals surface area contributed by atoms with Crippen molar-refractivity contribution < 1.29 is 55.7 Å². The lowest BCUT2D eigenvalue weighted by Gasteiger charge is -2.35. The fraction of sp³-hybridized carbons (Fsp3) is 0.840. The highest BCUT2D eigenvalue weighted by atomic mass is 19.3. The maximum atomic E-state index is 13.9. The third-order valence-electron chi connectivity index (χ3n) is 7.26. The van der Waals surface area contributed by atoms with Gasteiger partial charge in [0.1, 0.15) is 11.2 Å². The van der Waals surface area contributed by atoms with Crippen LogP contribution in [0.5, 0.6) is 0 Å². The molecule has 0 amide bonds. The zero-order chi connectivity index (χ0) is 28.4. The SMILES string of the molecule is COC(=O)C(F)(F)CCC(C)(C)OC(=O)C1C2CCC(C2)C1C(=O)OC(C)(C)CCC(F)(F)C(=O)OC. The molecule has 0 saturated heterocycles. The van der Waals surface area contributed by atoms with Crippen LogP contribution in [-0.2, 0) is 38.1 Å². The third-order valence-corrected chi connectivity index (χ3v) is 7.26. The number of methoxy groups -OCH3 is 2. The topological polar surface area (TPSA) is 105 Å². The van der Waals surface area contributed by atoms with Crippen LogP contribution in [0, 0.1) is 23.7 Å². The highest BCUT2D eigenvalue weighted by Gasteiger charge is 2.56. The monoisotopic (exact) mass is 540 g/mol. The number of carbonyl (C=O) groups excluding carboxylic acids is 4. The summed E-state index contributed by atoms with van der Waals surface area (Å²) in [5.74, 6) is -14.3. The Morgan fingerprint density at radius 2 is 0.973 bits per heavy atom. The molecular weight excluding hydrogens is 504 g/mol. The van der Waals surface area contributed by atoms with Gasteiger partial charge in [-0.3, -0.25) is 9.59 Å². The zero-order valence-corrected chi connectivity index (χ0v) is 22.0. The first kappa shape index (κ1) is 30.8. The Hall–Kier alpha value is -2.40. The predicted molar refractivity (Wildman–Crippen MR) is 121 cm³/mol. The quantitative estimate of drug-likeness (QED) is 0.203. The molecule has 0 N–H and O–H groups in total. The van der Waals surface area contributed by atoms with Gasteiger partial charge in [0.25, 0.3) is 0 Å². The Morgan fingerprint density at radius 1 is 0.649 bits per heavy atom. The number of hydrogen-bond donors (Lipinski definition) is 0. The molecule has 4 unspecified atom stereocenters. The molecule has 2 saturated carbocycles. The minimum absolute atomic E-state index is 0.158. The highest BCUT2D eigenvalue weighted by Crippen LogP contribution is 2.54. The maximum absolute atomic E-state index is 13.9. The molecule has 0 radical (unpaired) electrons. The molecule has 2 rings (SSSR count). The second kappa shape index (κ2) is 11.1. The fourth-order valence-corrected chi connectivity index (χ4v) is 5.17. The molecule has 12 heteroatoms. The van der Waals surface area contributed by atoms with E-state index in [0.717, 1.165) is 14.2 Å². The van der Waals surface area contributed by atoms with Gasteiger partial charge in [0, 0.05) is 12.8 Å². The summed E-state index contributed by atoms with van der Waals surface area (Å²) in [4.78, 5) is 48.8. The third kappa shape index (κ3) is 7.56. The Balaban J connectivity index is 2.06. The number of fused-ring (bicyclic) bond motifs is 2. The standard InChI is InChI=1S/C25H36F4O8/c1-22(2,9-11-24(26,27)20(32)34-5)36-18(30)16-14-7-8-15(13-14)17(16)19(31)37-23(3,4)10-12-25(28,29)21(33)35-6/h14-17H,7-13H2,1-6H3. The lowest BCUT2D eigenvalue weighted by molar-refractivity contribution is -0.182. The molecule has 37 heavy (non-hydrogen) atoms. The molecule has 4 atom stereocenters. The second-order valence-electron chi connectivity index (χ2n) is 11.1. The van der Waals surface area contributed by atoms with Crippen molar-refractivity contribution in [2.24, 2.45) is 23.7 Å². The fourth-order valence-electron chi connectivity index (χ4n) is 5.17. The minimum Gasteiger partial charge on any atom is -0.465 e. The zero-order valence-electron chi connectivity index (χ0n) is 22.0. The second-order valence-corrected chi connectivity index (χ2v) is 11.1. The molecule has 0 aromatic rings. The van der Waals surface area contributed by atoms with E-state index in [1.54, 1.807) is 0 Å². The first-order valence-corrected chi connectivity index (χ1v) is 12.2. The van der Waals surface area contributed by atoms with Crippen molar-refractivity contribution >= 4 is 23.9 Å². The van der Waals surface area contributed by atoms with Crippen LogP contribution < -0.4 is 0 Å². The van der Waals surface area contributed by atoms with Gasteiger partial charge in [-0.1, -0.05) is 0 Å². The van der Waals surface area contributed by atoms with E-state index in [4.69, 9.17) is 9.47 Å². The molecule has 0 heterocycles. The number of esters is 4. The van der Waals surface area contributed by atoms with Crippen molar-refractivity contribution in [3.8, 4) is 0 Å². The molecule has 0 spiro atoms. The van der Waals surface area contributed by atoms with Crippen molar-refractivity contribution in [2.75, 3.05) is 14.2 Å². The molecule has 212 valence electrons. The summed E-state index contributed by atoms with van der Waals surface area (Å²) in [6.45, 7) is 5.74. The van der Waals surface area contributed by atoms with Gasteiger partial charge in [-0.25, -0.2) is 9.59 Å². The summed E-state index contributed by atoms with van der Waals surface area (Å²) >= 11 is 0. The Bertz CT molecular complexity index is 816. The van der Waals surface area contributed by atoms with E-state index in [0.29, 0.717) is 19.3 Å². The Kier molecular flexibility index (Phi) is 9.29. The van der Waals surface area contributed by atoms with Crippen molar-refractivity contribution in [3.63, 3.8) is 0 Å². The molecule has 2 aliphatic rings. The number of alkyl halides is 4. The Morgan fingerprint density at radius 3 is 1.27 bits per heavy atom. The highest BCUT2D eigenvalue weighted by molar-refractivity contribution is 5.84. The summed E-state index contributed by atoms with van der Waals surface area (Å²) in [5, 5.41) is 0. The first-order valence-electron chi connectivity index (χ1n) is 12.2. The van der Waals surface area contributed by atoms with Crippen LogP contribution in [0.3, 0.4) is 0 Å². The summed E-state index contributed by atoms with van der Waals surface area (Å²) in [7, 11) is 1.70. The van der Waals surface area contributed by atoms with E-state index in [-0.39, 0.29) is 24.7 Å². The van der Waals surface area contributed by atoms with Gasteiger partial charge >= 0.3 is 35.7 Å². The van der Waals surface area contributed by atoms with Crippen LogP contribution in [0.4, 0.5) is 17.6 Å². The van der Waals surface area contributed by atoms with Gasteiger partial charge in [-0.05, 0) is 71.6 Å². The number of rotatable bonds is 12. The normalized spacial score (nSPS) is 23.9. The van der Waals surface area contributed by atoms with Crippen LogP contribution in [0.1, 0.15) is 72.6 Å². The van der Waals surface area contributed by atoms with E-state index in [2.05, 4.69) is 9.47 Å². The van der Waals surface area contributed by atoms with Crippen molar-refractivity contribution in [1.29, 1.82) is 0 Å². The van der Waals surface area contributed by atoms with Gasteiger partial charge in [0.15, 0.2) is 0 Å². The summed E-state index contributed by atoms with van der Waals surface area (Å²) in [6.07, 6.45) is -0.510. The van der Waals surface area contributed by atoms with E-state index >= 15 is 0 Å². The van der Waals surface area contributed by atoms with Crippen LogP contribution >= 0.6 is 0 Å². The largest absolute Gasteiger partial charge is 0.465 e. The number of halogens is 4. The molecule has 0 aliphatic heterocycles. The van der Waals surface area contributed by atoms with E-state index < -0.39 is 71.6 Å². The van der Waals surface area contributed by atoms with Gasteiger partial charge in [0.05, 0.1) is 26.1 Å². The number of carbonyl (C=O) groups is 4. The smallest absolute Gasteiger partial charge is 0.376 e. The number of ether oxygens (including phenoxy) is 4. The van der Waals surface area contributed by atoms with Crippen LogP contribution in [0.25, 0.3) is 0 Å². The summed E-state index contributed by atoms with van der Waals surface area (Å²) in [5.41, 5.74) is -2.72. The van der Waals surface area contributed by atoms with E-state index in [1.165, 1.54) is 27.7 Å². The molecule has 0 aromatic heterocycles. The van der Waals surface area contributed by atoms with Crippen LogP contribution in [0.15, 0.2) is 0 Å². The molecule has 2 aliphatic carbocycles. The Labute approximate surface area is 213 Å². The van der Waals surface area contributed by atoms with Gasteiger partial charge in [-0.2, -0.15) is 17.6 Å². The molecule has 2 bridgehead atoms. The molecule has 8 nitrogen and oxygen atoms in total. The average Bonchev–Trinajstić information content (AvgIpc) is 3.42. The van der Waals surface area contributed by atoms with Crippen molar-refractivity contribution in [2.45, 2.75) is 95.7 Å². The summed E-state index contributed by atoms with van der Waals surface area (Å²) < 4.78 is 74.8. The molecule has 0 aromatic carbocycles. The molecule has 2 fully saturated rings. The predicted octanol–water partition coefficient (Wildman–Crippen LogP) is 4.47. The summed E-state index contributed by atoms with van der Waals surface area (Å²) in [6, 6.07) is 0. The van der Waals surface area contributed by atoms with E-state index in [1.807, 2.05) is 0 Å². The van der Waals surface area contributed by atoms with Gasteiger partial charge < -0.3 is 18.9 Å².